The van der Waals surface area contributed by atoms with Crippen molar-refractivity contribution in [1.82, 2.24) is 0 Å². The Hall–Kier alpha value is -1.28. The number of thiophene rings is 1. The number of aryl methyl sites for hydroxylation is 3. The lowest BCUT2D eigenvalue weighted by molar-refractivity contribution is 1.14. The second kappa shape index (κ2) is 4.71. The van der Waals surface area contributed by atoms with Crippen LogP contribution < -0.4 is 5.32 Å². The predicted molar refractivity (Wildman–Crippen MR) is 72.3 cm³/mol. The van der Waals surface area contributed by atoms with Crippen molar-refractivity contribution in [2.45, 2.75) is 27.3 Å². The third-order valence-electron chi connectivity index (χ3n) is 2.64. The molecule has 0 spiro atoms. The van der Waals surface area contributed by atoms with Crippen molar-refractivity contribution in [2.75, 3.05) is 5.32 Å². The summed E-state index contributed by atoms with van der Waals surface area (Å²) in [6, 6.07) is 10.8. The van der Waals surface area contributed by atoms with Gasteiger partial charge in [0.25, 0.3) is 0 Å². The number of anilines is 1. The Morgan fingerprint density at radius 1 is 1.12 bits per heavy atom. The third kappa shape index (κ3) is 2.64. The minimum Gasteiger partial charge on any atom is -0.381 e. The second-order valence-electron chi connectivity index (χ2n) is 4.16. The van der Waals surface area contributed by atoms with Gasteiger partial charge in [-0.25, -0.2) is 0 Å². The third-order valence-corrected chi connectivity index (χ3v) is 3.65. The van der Waals surface area contributed by atoms with Crippen molar-refractivity contribution in [2.24, 2.45) is 0 Å². The molecule has 2 aromatic rings. The van der Waals surface area contributed by atoms with Crippen molar-refractivity contribution in [3.05, 3.63) is 51.2 Å². The van der Waals surface area contributed by atoms with Crippen LogP contribution in [0.15, 0.2) is 30.3 Å². The number of nitrogens with one attached hydrogen (secondary N) is 1. The summed E-state index contributed by atoms with van der Waals surface area (Å²) in [5.41, 5.74) is 3.90. The Bertz CT molecular complexity index is 485. The van der Waals surface area contributed by atoms with Gasteiger partial charge in [-0.2, -0.15) is 0 Å². The number of hydrogen-bond donors (Lipinski definition) is 1. The zero-order chi connectivity index (χ0) is 11.5. The second-order valence-corrected chi connectivity index (χ2v) is 5.62. The Morgan fingerprint density at radius 2 is 1.94 bits per heavy atom. The first-order valence-corrected chi connectivity index (χ1v) is 6.33. The minimum absolute atomic E-state index is 0.916. The summed E-state index contributed by atoms with van der Waals surface area (Å²) in [6.45, 7) is 7.38. The summed E-state index contributed by atoms with van der Waals surface area (Å²) < 4.78 is 0. The van der Waals surface area contributed by atoms with E-state index in [9.17, 15) is 0 Å². The molecule has 0 fully saturated rings. The lowest BCUT2D eigenvalue weighted by Crippen LogP contribution is -1.99. The zero-order valence-electron chi connectivity index (χ0n) is 10.0. The number of rotatable bonds is 3. The van der Waals surface area contributed by atoms with Gasteiger partial charge in [0, 0.05) is 22.0 Å². The highest BCUT2D eigenvalue weighted by Crippen LogP contribution is 2.21. The lowest BCUT2D eigenvalue weighted by atomic mass is 10.2. The SMILES string of the molecule is Cc1cccc(NCc2cc(C)sc2C)c1. The number of benzene rings is 1. The molecule has 0 saturated heterocycles. The molecule has 16 heavy (non-hydrogen) atoms. The molecule has 2 heteroatoms. The van der Waals surface area contributed by atoms with E-state index in [-0.39, 0.29) is 0 Å². The predicted octanol–water partition coefficient (Wildman–Crippen LogP) is 4.29. The Kier molecular flexibility index (Phi) is 3.30. The fraction of sp³-hybridized carbons (Fsp3) is 0.286. The van der Waals surface area contributed by atoms with Crippen LogP contribution in [-0.2, 0) is 6.54 Å². The van der Waals surface area contributed by atoms with Crippen molar-refractivity contribution in [3.8, 4) is 0 Å². The summed E-state index contributed by atoms with van der Waals surface area (Å²) in [5, 5.41) is 3.46. The average Bonchev–Trinajstić information content (AvgIpc) is 2.54. The first-order valence-electron chi connectivity index (χ1n) is 5.51. The molecule has 0 aliphatic rings. The molecule has 2 rings (SSSR count). The van der Waals surface area contributed by atoms with Gasteiger partial charge < -0.3 is 5.32 Å². The fourth-order valence-electron chi connectivity index (χ4n) is 1.81. The van der Waals surface area contributed by atoms with Gasteiger partial charge in [0.1, 0.15) is 0 Å². The van der Waals surface area contributed by atoms with Gasteiger partial charge in [0.15, 0.2) is 0 Å². The van der Waals surface area contributed by atoms with E-state index in [4.69, 9.17) is 0 Å². The van der Waals surface area contributed by atoms with Crippen molar-refractivity contribution in [3.63, 3.8) is 0 Å². The van der Waals surface area contributed by atoms with Gasteiger partial charge in [-0.05, 0) is 50.1 Å². The maximum Gasteiger partial charge on any atom is 0.0411 e. The molecule has 0 aliphatic carbocycles. The van der Waals surface area contributed by atoms with E-state index in [2.05, 4.69) is 56.4 Å². The molecule has 1 heterocycles. The molecule has 1 nitrogen and oxygen atoms in total. The van der Waals surface area contributed by atoms with E-state index < -0.39 is 0 Å². The largest absolute Gasteiger partial charge is 0.381 e. The molecule has 0 bridgehead atoms. The van der Waals surface area contributed by atoms with Crippen molar-refractivity contribution >= 4 is 17.0 Å². The number of hydrogen-bond acceptors (Lipinski definition) is 2. The molecular formula is C14H17NS. The average molecular weight is 231 g/mol. The van der Waals surface area contributed by atoms with E-state index in [0.717, 1.165) is 6.54 Å². The topological polar surface area (TPSA) is 12.0 Å². The van der Waals surface area contributed by atoms with E-state index in [1.807, 2.05) is 11.3 Å². The first-order chi connectivity index (χ1) is 7.65. The summed E-state index contributed by atoms with van der Waals surface area (Å²) >= 11 is 1.87. The molecule has 0 unspecified atom stereocenters. The van der Waals surface area contributed by atoms with Gasteiger partial charge in [0.2, 0.25) is 0 Å². The van der Waals surface area contributed by atoms with E-state index >= 15 is 0 Å². The van der Waals surface area contributed by atoms with Crippen LogP contribution in [0.3, 0.4) is 0 Å². The molecular weight excluding hydrogens is 214 g/mol. The zero-order valence-corrected chi connectivity index (χ0v) is 10.8. The summed E-state index contributed by atoms with van der Waals surface area (Å²) in [5.74, 6) is 0. The summed E-state index contributed by atoms with van der Waals surface area (Å²) in [7, 11) is 0. The van der Waals surface area contributed by atoms with E-state index in [0.29, 0.717) is 0 Å². The summed E-state index contributed by atoms with van der Waals surface area (Å²) in [4.78, 5) is 2.80. The molecule has 1 N–H and O–H groups in total. The maximum atomic E-state index is 3.46. The molecule has 0 radical (unpaired) electrons. The molecule has 84 valence electrons. The fourth-order valence-corrected chi connectivity index (χ4v) is 2.76. The van der Waals surface area contributed by atoms with Crippen LogP contribution >= 0.6 is 11.3 Å². The molecule has 0 aliphatic heterocycles. The maximum absolute atomic E-state index is 3.46. The minimum atomic E-state index is 0.916. The van der Waals surface area contributed by atoms with Crippen LogP contribution in [0.2, 0.25) is 0 Å². The molecule has 1 aromatic heterocycles. The molecule has 0 amide bonds. The first kappa shape index (κ1) is 11.2. The van der Waals surface area contributed by atoms with Crippen LogP contribution in [0.4, 0.5) is 5.69 Å². The van der Waals surface area contributed by atoms with Crippen LogP contribution in [0.5, 0.6) is 0 Å². The molecule has 0 saturated carbocycles. The van der Waals surface area contributed by atoms with Crippen LogP contribution in [0.25, 0.3) is 0 Å². The highest BCUT2D eigenvalue weighted by Gasteiger charge is 2.02. The molecule has 0 atom stereocenters. The van der Waals surface area contributed by atoms with E-state index in [1.54, 1.807) is 0 Å². The quantitative estimate of drug-likeness (QED) is 0.831. The Morgan fingerprint density at radius 3 is 2.56 bits per heavy atom. The van der Waals surface area contributed by atoms with Crippen LogP contribution in [0.1, 0.15) is 20.9 Å². The highest BCUT2D eigenvalue weighted by molar-refractivity contribution is 7.12. The lowest BCUT2D eigenvalue weighted by Gasteiger charge is -2.06. The van der Waals surface area contributed by atoms with Gasteiger partial charge >= 0.3 is 0 Å². The monoisotopic (exact) mass is 231 g/mol. The standard InChI is InChI=1S/C14H17NS/c1-10-5-4-6-14(7-10)15-9-13-8-11(2)16-12(13)3/h4-8,15H,9H2,1-3H3. The normalized spacial score (nSPS) is 10.4. The Labute approximate surface area is 101 Å². The molecule has 1 aromatic carbocycles. The van der Waals surface area contributed by atoms with E-state index in [1.165, 1.54) is 26.6 Å². The van der Waals surface area contributed by atoms with Crippen molar-refractivity contribution in [1.29, 1.82) is 0 Å². The Balaban J connectivity index is 2.05. The summed E-state index contributed by atoms with van der Waals surface area (Å²) in [6.07, 6.45) is 0. The van der Waals surface area contributed by atoms with Crippen LogP contribution in [-0.4, -0.2) is 0 Å². The van der Waals surface area contributed by atoms with Gasteiger partial charge in [-0.3, -0.25) is 0 Å². The highest BCUT2D eigenvalue weighted by atomic mass is 32.1. The van der Waals surface area contributed by atoms with Gasteiger partial charge in [-0.15, -0.1) is 11.3 Å². The van der Waals surface area contributed by atoms with Gasteiger partial charge in [0.05, 0.1) is 0 Å². The van der Waals surface area contributed by atoms with Crippen molar-refractivity contribution < 1.29 is 0 Å². The van der Waals surface area contributed by atoms with Gasteiger partial charge in [-0.1, -0.05) is 12.1 Å². The van der Waals surface area contributed by atoms with Crippen LogP contribution in [0, 0.1) is 20.8 Å². The smallest absolute Gasteiger partial charge is 0.0411 e.